The molecule has 0 N–H and O–H groups in total. The van der Waals surface area contributed by atoms with Gasteiger partial charge in [0.05, 0.1) is 0 Å². The molecule has 0 amide bonds. The van der Waals surface area contributed by atoms with E-state index >= 15 is 0 Å². The number of rotatable bonds is 10. The predicted molar refractivity (Wildman–Crippen MR) is 71.2 cm³/mol. The fraction of sp³-hybridized carbons (Fsp3) is 0.733. The van der Waals surface area contributed by atoms with Gasteiger partial charge in [0, 0.05) is 0 Å². The van der Waals surface area contributed by atoms with Crippen LogP contribution < -0.4 is 0 Å². The maximum Gasteiger partial charge on any atom is -0.0169 e. The van der Waals surface area contributed by atoms with E-state index in [1.54, 1.807) is 0 Å². The van der Waals surface area contributed by atoms with E-state index in [-0.39, 0.29) is 0 Å². The zero-order chi connectivity index (χ0) is 11.2. The lowest BCUT2D eigenvalue weighted by molar-refractivity contribution is 0.674. The predicted octanol–water partition coefficient (Wildman–Crippen LogP) is 5.65. The van der Waals surface area contributed by atoms with Crippen LogP contribution in [0.25, 0.3) is 0 Å². The first-order valence-corrected chi connectivity index (χ1v) is 6.71. The van der Waals surface area contributed by atoms with Crippen molar-refractivity contribution < 1.29 is 0 Å². The van der Waals surface area contributed by atoms with Crippen LogP contribution in [0.15, 0.2) is 24.3 Å². The second-order valence-corrected chi connectivity index (χ2v) is 4.17. The van der Waals surface area contributed by atoms with Crippen molar-refractivity contribution in [3.05, 3.63) is 24.3 Å². The molecule has 0 radical (unpaired) electrons. The zero-order valence-electron chi connectivity index (χ0n) is 10.7. The third-order valence-electron chi connectivity index (χ3n) is 2.55. The van der Waals surface area contributed by atoms with E-state index < -0.39 is 0 Å². The standard InChI is InChI=1S/C15H28/c1-3-5-7-9-11-13-15-14-12-10-8-6-4-2/h9,11,14-15H,3-8,10,12-13H2,1-2H3. The van der Waals surface area contributed by atoms with Crippen molar-refractivity contribution in [3.63, 3.8) is 0 Å². The summed E-state index contributed by atoms with van der Waals surface area (Å²) in [5.74, 6) is 0. The summed E-state index contributed by atoms with van der Waals surface area (Å²) in [4.78, 5) is 0. The lowest BCUT2D eigenvalue weighted by atomic mass is 10.1. The van der Waals surface area contributed by atoms with Crippen molar-refractivity contribution in [1.29, 1.82) is 0 Å². The van der Waals surface area contributed by atoms with Crippen molar-refractivity contribution >= 4 is 0 Å². The lowest BCUT2D eigenvalue weighted by Crippen LogP contribution is -1.73. The molecule has 88 valence electrons. The Morgan fingerprint density at radius 1 is 0.600 bits per heavy atom. The van der Waals surface area contributed by atoms with Gasteiger partial charge in [-0.3, -0.25) is 0 Å². The van der Waals surface area contributed by atoms with E-state index in [2.05, 4.69) is 38.2 Å². The number of unbranched alkanes of at least 4 members (excludes halogenated alkanes) is 6. The molecule has 0 rings (SSSR count). The minimum atomic E-state index is 1.12. The molecule has 0 aliphatic heterocycles. The Balaban J connectivity index is 3.13. The van der Waals surface area contributed by atoms with Crippen molar-refractivity contribution in [3.8, 4) is 0 Å². The van der Waals surface area contributed by atoms with Gasteiger partial charge < -0.3 is 0 Å². The Kier molecular flexibility index (Phi) is 13.0. The lowest BCUT2D eigenvalue weighted by Gasteiger charge is -1.93. The molecule has 0 atom stereocenters. The molecule has 0 heteroatoms. The Labute approximate surface area is 96.5 Å². The second kappa shape index (κ2) is 13.5. The normalized spacial score (nSPS) is 11.9. The van der Waals surface area contributed by atoms with Gasteiger partial charge in [0.15, 0.2) is 0 Å². The van der Waals surface area contributed by atoms with Crippen molar-refractivity contribution in [2.75, 3.05) is 0 Å². The number of allylic oxidation sites excluding steroid dienone is 4. The Morgan fingerprint density at radius 2 is 1.20 bits per heavy atom. The van der Waals surface area contributed by atoms with Gasteiger partial charge in [0.1, 0.15) is 0 Å². The van der Waals surface area contributed by atoms with Crippen molar-refractivity contribution in [2.24, 2.45) is 0 Å². The van der Waals surface area contributed by atoms with Crippen LogP contribution in [0.2, 0.25) is 0 Å². The maximum atomic E-state index is 2.33. The highest BCUT2D eigenvalue weighted by molar-refractivity contribution is 4.92. The number of hydrogen-bond donors (Lipinski definition) is 0. The van der Waals surface area contributed by atoms with E-state index in [4.69, 9.17) is 0 Å². The van der Waals surface area contributed by atoms with Crippen LogP contribution in [0.3, 0.4) is 0 Å². The highest BCUT2D eigenvalue weighted by Crippen LogP contribution is 2.03. The fourth-order valence-electron chi connectivity index (χ4n) is 1.52. The summed E-state index contributed by atoms with van der Waals surface area (Å²) in [5, 5.41) is 0. The van der Waals surface area contributed by atoms with E-state index in [0.29, 0.717) is 0 Å². The van der Waals surface area contributed by atoms with Crippen LogP contribution in [0.1, 0.15) is 71.6 Å². The van der Waals surface area contributed by atoms with Crippen LogP contribution in [-0.2, 0) is 0 Å². The minimum absolute atomic E-state index is 1.12. The number of hydrogen-bond acceptors (Lipinski definition) is 0. The zero-order valence-corrected chi connectivity index (χ0v) is 10.7. The summed E-state index contributed by atoms with van der Waals surface area (Å²) in [6.07, 6.45) is 21.0. The largest absolute Gasteiger partial charge is 0.0882 e. The molecular weight excluding hydrogens is 180 g/mol. The molecular formula is C15H28. The van der Waals surface area contributed by atoms with E-state index in [9.17, 15) is 0 Å². The summed E-state index contributed by atoms with van der Waals surface area (Å²) in [7, 11) is 0. The smallest absolute Gasteiger partial charge is 0.0169 e. The Bertz CT molecular complexity index is 153. The molecule has 0 spiro atoms. The van der Waals surface area contributed by atoms with Gasteiger partial charge in [0.25, 0.3) is 0 Å². The van der Waals surface area contributed by atoms with Gasteiger partial charge in [-0.1, -0.05) is 70.3 Å². The van der Waals surface area contributed by atoms with Gasteiger partial charge in [0.2, 0.25) is 0 Å². The first-order chi connectivity index (χ1) is 7.41. The molecule has 0 bridgehead atoms. The molecule has 0 nitrogen and oxygen atoms in total. The quantitative estimate of drug-likeness (QED) is 0.321. The van der Waals surface area contributed by atoms with Crippen LogP contribution in [0.5, 0.6) is 0 Å². The van der Waals surface area contributed by atoms with Crippen LogP contribution in [0, 0.1) is 0 Å². The third-order valence-corrected chi connectivity index (χ3v) is 2.55. The summed E-state index contributed by atoms with van der Waals surface area (Å²) in [6, 6.07) is 0. The summed E-state index contributed by atoms with van der Waals surface area (Å²) >= 11 is 0. The monoisotopic (exact) mass is 208 g/mol. The maximum absolute atomic E-state index is 2.33. The third kappa shape index (κ3) is 13.5. The SMILES string of the molecule is CCCCC=CCC=CCCCCCC. The van der Waals surface area contributed by atoms with Gasteiger partial charge in [-0.05, 0) is 25.7 Å². The molecule has 15 heavy (non-hydrogen) atoms. The fourth-order valence-corrected chi connectivity index (χ4v) is 1.52. The van der Waals surface area contributed by atoms with Gasteiger partial charge in [-0.25, -0.2) is 0 Å². The molecule has 0 aliphatic rings. The highest BCUT2D eigenvalue weighted by atomic mass is 13.9. The first-order valence-electron chi connectivity index (χ1n) is 6.71. The molecule has 0 heterocycles. The van der Waals surface area contributed by atoms with Gasteiger partial charge >= 0.3 is 0 Å². The molecule has 0 aliphatic carbocycles. The molecule has 0 aromatic heterocycles. The molecule has 0 aromatic rings. The van der Waals surface area contributed by atoms with Crippen LogP contribution >= 0.6 is 0 Å². The van der Waals surface area contributed by atoms with Crippen LogP contribution in [0.4, 0.5) is 0 Å². The average Bonchev–Trinajstić information content (AvgIpc) is 2.26. The van der Waals surface area contributed by atoms with Crippen LogP contribution in [-0.4, -0.2) is 0 Å². The Morgan fingerprint density at radius 3 is 1.80 bits per heavy atom. The highest BCUT2D eigenvalue weighted by Gasteiger charge is 1.83. The summed E-state index contributed by atoms with van der Waals surface area (Å²) in [6.45, 7) is 4.50. The van der Waals surface area contributed by atoms with Crippen molar-refractivity contribution in [2.45, 2.75) is 71.6 Å². The molecule has 0 aromatic carbocycles. The van der Waals surface area contributed by atoms with E-state index in [0.717, 1.165) is 6.42 Å². The first kappa shape index (κ1) is 14.5. The summed E-state index contributed by atoms with van der Waals surface area (Å²) in [5.41, 5.74) is 0. The summed E-state index contributed by atoms with van der Waals surface area (Å²) < 4.78 is 0. The molecule has 0 unspecified atom stereocenters. The second-order valence-electron chi connectivity index (χ2n) is 4.17. The Hall–Kier alpha value is -0.520. The van der Waals surface area contributed by atoms with E-state index in [1.165, 1.54) is 51.4 Å². The van der Waals surface area contributed by atoms with E-state index in [1.807, 2.05) is 0 Å². The van der Waals surface area contributed by atoms with Gasteiger partial charge in [-0.15, -0.1) is 0 Å². The topological polar surface area (TPSA) is 0 Å². The minimum Gasteiger partial charge on any atom is -0.0882 e. The van der Waals surface area contributed by atoms with Gasteiger partial charge in [-0.2, -0.15) is 0 Å². The molecule has 0 saturated carbocycles. The molecule has 0 saturated heterocycles. The van der Waals surface area contributed by atoms with Crippen molar-refractivity contribution in [1.82, 2.24) is 0 Å². The average molecular weight is 208 g/mol. The molecule has 0 fully saturated rings.